The van der Waals surface area contributed by atoms with Gasteiger partial charge in [-0.15, -0.1) is 0 Å². The van der Waals surface area contributed by atoms with Gasteiger partial charge in [0.2, 0.25) is 0 Å². The van der Waals surface area contributed by atoms with E-state index in [9.17, 15) is 26.7 Å². The minimum Gasteiger partial charge on any atom is -0.462 e. The van der Waals surface area contributed by atoms with Crippen molar-refractivity contribution >= 4 is 28.8 Å². The van der Waals surface area contributed by atoms with Gasteiger partial charge >= 0.3 is 12.1 Å². The number of hydrogen-bond donors (Lipinski definition) is 0. The lowest BCUT2D eigenvalue weighted by Crippen LogP contribution is -2.09. The molecule has 10 heteroatoms. The van der Waals surface area contributed by atoms with Crippen molar-refractivity contribution in [3.8, 4) is 0 Å². The lowest BCUT2D eigenvalue weighted by Gasteiger charge is -2.13. The van der Waals surface area contributed by atoms with Gasteiger partial charge in [-0.3, -0.25) is 0 Å². The third-order valence-electron chi connectivity index (χ3n) is 5.19. The van der Waals surface area contributed by atoms with Crippen LogP contribution >= 0.6 is 11.8 Å². The molecule has 0 saturated carbocycles. The molecule has 0 fully saturated rings. The second-order valence-corrected chi connectivity index (χ2v) is 8.56. The van der Waals surface area contributed by atoms with Crippen LogP contribution in [0.15, 0.2) is 65.8 Å². The second kappa shape index (κ2) is 10.1. The van der Waals surface area contributed by atoms with E-state index in [1.807, 2.05) is 0 Å². The summed E-state index contributed by atoms with van der Waals surface area (Å²) < 4.78 is 74.3. The highest BCUT2D eigenvalue weighted by Gasteiger charge is 2.33. The van der Waals surface area contributed by atoms with Gasteiger partial charge in [-0.25, -0.2) is 18.6 Å². The van der Waals surface area contributed by atoms with E-state index in [0.717, 1.165) is 23.9 Å². The van der Waals surface area contributed by atoms with Crippen LogP contribution in [0.1, 0.15) is 34.0 Å². The van der Waals surface area contributed by atoms with Gasteiger partial charge in [0.05, 0.1) is 35.3 Å². The van der Waals surface area contributed by atoms with Gasteiger partial charge in [0, 0.05) is 5.75 Å². The summed E-state index contributed by atoms with van der Waals surface area (Å²) in [6, 6.07) is 13.3. The summed E-state index contributed by atoms with van der Waals surface area (Å²) in [6.45, 7) is 2.08. The monoisotopic (exact) mass is 506 g/mol. The highest BCUT2D eigenvalue weighted by Crippen LogP contribution is 2.36. The van der Waals surface area contributed by atoms with Gasteiger partial charge in [-0.05, 0) is 60.5 Å². The van der Waals surface area contributed by atoms with Crippen LogP contribution in [-0.2, 0) is 23.2 Å². The summed E-state index contributed by atoms with van der Waals surface area (Å²) in [4.78, 5) is 16.7. The fourth-order valence-electron chi connectivity index (χ4n) is 3.61. The molecule has 0 unspecified atom stereocenters. The largest absolute Gasteiger partial charge is 0.462 e. The molecule has 0 spiro atoms. The van der Waals surface area contributed by atoms with Gasteiger partial charge in [-0.1, -0.05) is 30.0 Å². The van der Waals surface area contributed by atoms with E-state index in [1.54, 1.807) is 41.8 Å². The molecule has 4 nitrogen and oxygen atoms in total. The van der Waals surface area contributed by atoms with E-state index in [1.165, 1.54) is 12.1 Å². The molecule has 0 radical (unpaired) electrons. The van der Waals surface area contributed by atoms with Crippen LogP contribution < -0.4 is 0 Å². The number of alkyl halides is 3. The van der Waals surface area contributed by atoms with Gasteiger partial charge in [0.15, 0.2) is 5.16 Å². The highest BCUT2D eigenvalue weighted by atomic mass is 32.2. The highest BCUT2D eigenvalue weighted by molar-refractivity contribution is 7.98. The van der Waals surface area contributed by atoms with Crippen molar-refractivity contribution in [3.05, 3.63) is 94.6 Å². The van der Waals surface area contributed by atoms with Crippen LogP contribution in [0.25, 0.3) is 11.0 Å². The van der Waals surface area contributed by atoms with Crippen molar-refractivity contribution in [3.63, 3.8) is 0 Å². The fraction of sp³-hybridized carbons (Fsp3) is 0.200. The number of fused-ring (bicyclic) bond motifs is 1. The first-order valence-electron chi connectivity index (χ1n) is 10.6. The number of hydrogen-bond acceptors (Lipinski definition) is 4. The van der Waals surface area contributed by atoms with E-state index in [4.69, 9.17) is 4.74 Å². The van der Waals surface area contributed by atoms with Crippen molar-refractivity contribution in [2.45, 2.75) is 30.6 Å². The number of thioether (sulfide) groups is 1. The molecule has 0 aliphatic carbocycles. The Kier molecular flexibility index (Phi) is 7.11. The molecule has 4 aromatic rings. The third kappa shape index (κ3) is 5.64. The van der Waals surface area contributed by atoms with Crippen LogP contribution in [0.4, 0.5) is 22.0 Å². The minimum atomic E-state index is -4.71. The normalized spacial score (nSPS) is 11.7. The molecule has 3 aromatic carbocycles. The Hall–Kier alpha value is -3.40. The number of carbonyl (C=O) groups excluding carboxylic acids is 1. The molecule has 35 heavy (non-hydrogen) atoms. The maximum absolute atomic E-state index is 13.8. The standard InChI is InChI=1S/C25H19F5N2O2S/c1-2-34-23(33)16-7-9-22-21(11-16)31-24(32(22)13-15-4-3-5-18(26)10-15)35-14-17-6-8-19(27)12-20(17)25(28,29)30/h3-12H,2,13-14H2,1H3. The predicted octanol–water partition coefficient (Wildman–Crippen LogP) is 6.85. The van der Waals surface area contributed by atoms with Crippen LogP contribution in [0.3, 0.4) is 0 Å². The topological polar surface area (TPSA) is 44.1 Å². The van der Waals surface area contributed by atoms with Crippen LogP contribution in [-0.4, -0.2) is 22.1 Å². The summed E-state index contributed by atoms with van der Waals surface area (Å²) in [5.41, 5.74) is 0.801. The molecular formula is C25H19F5N2O2S. The summed E-state index contributed by atoms with van der Waals surface area (Å²) in [5.74, 6) is -2.06. The first-order chi connectivity index (χ1) is 16.7. The van der Waals surface area contributed by atoms with Gasteiger partial charge < -0.3 is 9.30 Å². The number of rotatable bonds is 7. The quantitative estimate of drug-likeness (QED) is 0.156. The van der Waals surface area contributed by atoms with E-state index in [-0.39, 0.29) is 30.0 Å². The Morgan fingerprint density at radius 3 is 2.51 bits per heavy atom. The van der Waals surface area contributed by atoms with Crippen molar-refractivity contribution in [2.75, 3.05) is 6.61 Å². The molecule has 0 bridgehead atoms. The molecule has 0 saturated heterocycles. The van der Waals surface area contributed by atoms with E-state index in [0.29, 0.717) is 27.8 Å². The van der Waals surface area contributed by atoms with Gasteiger partial charge in [-0.2, -0.15) is 13.2 Å². The molecular weight excluding hydrogens is 487 g/mol. The zero-order chi connectivity index (χ0) is 25.2. The average molecular weight is 506 g/mol. The number of halogens is 5. The Bertz CT molecular complexity index is 1380. The molecule has 4 rings (SSSR count). The maximum atomic E-state index is 13.8. The number of aromatic nitrogens is 2. The summed E-state index contributed by atoms with van der Waals surface area (Å²) >= 11 is 1.03. The number of esters is 1. The van der Waals surface area contributed by atoms with Crippen LogP contribution in [0.2, 0.25) is 0 Å². The SMILES string of the molecule is CCOC(=O)c1ccc2c(c1)nc(SCc1ccc(F)cc1C(F)(F)F)n2Cc1cccc(F)c1. The van der Waals surface area contributed by atoms with Crippen molar-refractivity contribution in [2.24, 2.45) is 0 Å². The zero-order valence-electron chi connectivity index (χ0n) is 18.4. The van der Waals surface area contributed by atoms with Gasteiger partial charge in [0.25, 0.3) is 0 Å². The van der Waals surface area contributed by atoms with Crippen molar-refractivity contribution < 1.29 is 31.5 Å². The molecule has 0 atom stereocenters. The summed E-state index contributed by atoms with van der Waals surface area (Å²) in [5, 5.41) is 0.364. The van der Waals surface area contributed by atoms with Crippen LogP contribution in [0, 0.1) is 11.6 Å². The lowest BCUT2D eigenvalue weighted by molar-refractivity contribution is -0.138. The Balaban J connectivity index is 1.73. The van der Waals surface area contributed by atoms with E-state index >= 15 is 0 Å². The summed E-state index contributed by atoms with van der Waals surface area (Å²) in [6.07, 6.45) is -4.71. The predicted molar refractivity (Wildman–Crippen MR) is 122 cm³/mol. The Morgan fingerprint density at radius 1 is 1.03 bits per heavy atom. The molecule has 0 N–H and O–H groups in total. The Labute approximate surface area is 201 Å². The second-order valence-electron chi connectivity index (χ2n) is 7.62. The molecule has 182 valence electrons. The van der Waals surface area contributed by atoms with Crippen LogP contribution in [0.5, 0.6) is 0 Å². The van der Waals surface area contributed by atoms with E-state index in [2.05, 4.69) is 4.98 Å². The number of carbonyl (C=O) groups is 1. The minimum absolute atomic E-state index is 0.0968. The van der Waals surface area contributed by atoms with Gasteiger partial charge in [0.1, 0.15) is 11.6 Å². The fourth-order valence-corrected chi connectivity index (χ4v) is 4.63. The third-order valence-corrected chi connectivity index (χ3v) is 6.21. The molecule has 1 aromatic heterocycles. The molecule has 0 amide bonds. The lowest BCUT2D eigenvalue weighted by atomic mass is 10.1. The first-order valence-corrected chi connectivity index (χ1v) is 11.5. The number of nitrogens with zero attached hydrogens (tertiary/aromatic N) is 2. The van der Waals surface area contributed by atoms with Crippen molar-refractivity contribution in [1.82, 2.24) is 9.55 Å². The maximum Gasteiger partial charge on any atom is 0.416 e. The first kappa shape index (κ1) is 24.7. The molecule has 0 aliphatic rings. The number of ether oxygens (including phenoxy) is 1. The molecule has 1 heterocycles. The zero-order valence-corrected chi connectivity index (χ0v) is 19.2. The molecule has 0 aliphatic heterocycles. The number of imidazole rings is 1. The van der Waals surface area contributed by atoms with Crippen molar-refractivity contribution in [1.29, 1.82) is 0 Å². The number of benzene rings is 3. The summed E-state index contributed by atoms with van der Waals surface area (Å²) in [7, 11) is 0. The smallest absolute Gasteiger partial charge is 0.416 e. The van der Waals surface area contributed by atoms with E-state index < -0.39 is 29.3 Å². The Morgan fingerprint density at radius 2 is 1.80 bits per heavy atom. The average Bonchev–Trinajstić information content (AvgIpc) is 3.14.